The first-order valence-electron chi connectivity index (χ1n) is 6.94. The minimum Gasteiger partial charge on any atom is -0.465 e. The van der Waals surface area contributed by atoms with Gasteiger partial charge in [-0.3, -0.25) is 0 Å². The molecule has 22 heavy (non-hydrogen) atoms. The topological polar surface area (TPSA) is 52.6 Å². The van der Waals surface area contributed by atoms with Crippen LogP contribution in [0.15, 0.2) is 60.7 Å². The minimum atomic E-state index is -0.291. The summed E-state index contributed by atoms with van der Waals surface area (Å²) in [5.74, 6) is -0.550. The molecule has 4 nitrogen and oxygen atoms in total. The van der Waals surface area contributed by atoms with Crippen LogP contribution in [0, 0.1) is 0 Å². The molecule has 2 rings (SSSR count). The molecule has 116 valence electrons. The summed E-state index contributed by atoms with van der Waals surface area (Å²) in [4.78, 5) is 22.0. The first-order valence-corrected chi connectivity index (χ1v) is 6.94. The van der Waals surface area contributed by atoms with E-state index in [9.17, 15) is 9.59 Å². The third kappa shape index (κ3) is 6.22. The van der Waals surface area contributed by atoms with Gasteiger partial charge in [-0.15, -0.1) is 0 Å². The molecule has 2 aromatic rings. The Kier molecular flexibility index (Phi) is 7.40. The van der Waals surface area contributed by atoms with E-state index < -0.39 is 0 Å². The van der Waals surface area contributed by atoms with Gasteiger partial charge in [0.25, 0.3) is 0 Å². The fourth-order valence-electron chi connectivity index (χ4n) is 1.55. The van der Waals surface area contributed by atoms with Gasteiger partial charge in [-0.1, -0.05) is 36.4 Å². The molecule has 2 aromatic carbocycles. The summed E-state index contributed by atoms with van der Waals surface area (Å²) in [6.07, 6.45) is -0.0577. The van der Waals surface area contributed by atoms with Crippen molar-refractivity contribution < 1.29 is 19.1 Å². The van der Waals surface area contributed by atoms with Gasteiger partial charge in [-0.2, -0.15) is 0 Å². The van der Waals surface area contributed by atoms with Crippen LogP contribution in [0.3, 0.4) is 0 Å². The van der Waals surface area contributed by atoms with Crippen molar-refractivity contribution in [3.8, 4) is 0 Å². The van der Waals surface area contributed by atoms with Crippen LogP contribution in [-0.2, 0) is 9.47 Å². The lowest BCUT2D eigenvalue weighted by Crippen LogP contribution is -2.11. The maximum atomic E-state index is 11.2. The van der Waals surface area contributed by atoms with Crippen LogP contribution >= 0.6 is 0 Å². The van der Waals surface area contributed by atoms with E-state index in [1.807, 2.05) is 38.1 Å². The molecule has 0 heterocycles. The van der Waals surface area contributed by atoms with Gasteiger partial charge in [-0.05, 0) is 38.1 Å². The van der Waals surface area contributed by atoms with Crippen molar-refractivity contribution in [2.45, 2.75) is 20.0 Å². The van der Waals surface area contributed by atoms with Gasteiger partial charge in [0.05, 0.1) is 24.3 Å². The van der Waals surface area contributed by atoms with Crippen LogP contribution < -0.4 is 0 Å². The van der Waals surface area contributed by atoms with E-state index in [1.54, 1.807) is 36.4 Å². The van der Waals surface area contributed by atoms with Gasteiger partial charge < -0.3 is 9.47 Å². The van der Waals surface area contributed by atoms with Crippen molar-refractivity contribution in [1.82, 2.24) is 0 Å². The van der Waals surface area contributed by atoms with Crippen LogP contribution in [0.2, 0.25) is 0 Å². The number of hydrogen-bond donors (Lipinski definition) is 0. The third-order valence-corrected chi connectivity index (χ3v) is 2.55. The van der Waals surface area contributed by atoms with Crippen LogP contribution in [-0.4, -0.2) is 25.2 Å². The molecule has 0 amide bonds. The van der Waals surface area contributed by atoms with Crippen LogP contribution in [0.4, 0.5) is 0 Å². The molecule has 0 aromatic heterocycles. The Labute approximate surface area is 130 Å². The first kappa shape index (κ1) is 17.4. The third-order valence-electron chi connectivity index (χ3n) is 2.55. The lowest BCUT2D eigenvalue weighted by atomic mass is 10.2. The van der Waals surface area contributed by atoms with Gasteiger partial charge in [0, 0.05) is 0 Å². The van der Waals surface area contributed by atoms with Crippen molar-refractivity contribution in [3.63, 3.8) is 0 Å². The summed E-state index contributed by atoms with van der Waals surface area (Å²) in [6.45, 7) is 3.67. The van der Waals surface area contributed by atoms with Crippen LogP contribution in [0.1, 0.15) is 34.6 Å². The summed E-state index contributed by atoms with van der Waals surface area (Å²) in [7, 11) is 1.37. The van der Waals surface area contributed by atoms with Crippen molar-refractivity contribution in [3.05, 3.63) is 71.8 Å². The molecule has 0 fully saturated rings. The number of benzene rings is 2. The lowest BCUT2D eigenvalue weighted by Gasteiger charge is -2.06. The fraction of sp³-hybridized carbons (Fsp3) is 0.222. The van der Waals surface area contributed by atoms with Crippen LogP contribution in [0.25, 0.3) is 0 Å². The molecule has 0 aliphatic heterocycles. The van der Waals surface area contributed by atoms with E-state index in [-0.39, 0.29) is 18.0 Å². The second-order valence-corrected chi connectivity index (χ2v) is 4.68. The SMILES string of the molecule is CC(C)OC(=O)c1ccccc1.COC(=O)c1ccccc1. The summed E-state index contributed by atoms with van der Waals surface area (Å²) in [6, 6.07) is 17.9. The van der Waals surface area contributed by atoms with Crippen molar-refractivity contribution >= 4 is 11.9 Å². The quantitative estimate of drug-likeness (QED) is 0.811. The van der Waals surface area contributed by atoms with E-state index >= 15 is 0 Å². The highest BCUT2D eigenvalue weighted by Gasteiger charge is 2.06. The number of carbonyl (C=O) groups excluding carboxylic acids is 2. The van der Waals surface area contributed by atoms with Crippen molar-refractivity contribution in [1.29, 1.82) is 0 Å². The van der Waals surface area contributed by atoms with Gasteiger partial charge in [0.1, 0.15) is 0 Å². The van der Waals surface area contributed by atoms with E-state index in [0.717, 1.165) is 0 Å². The summed E-state index contributed by atoms with van der Waals surface area (Å²) in [5, 5.41) is 0. The monoisotopic (exact) mass is 300 g/mol. The smallest absolute Gasteiger partial charge is 0.338 e. The normalized spacial score (nSPS) is 9.45. The molecule has 0 N–H and O–H groups in total. The molecule has 0 radical (unpaired) electrons. The number of esters is 2. The average molecular weight is 300 g/mol. The standard InChI is InChI=1S/C10H12O2.C8H8O2/c1-8(2)12-10(11)9-6-4-3-5-7-9;1-10-8(9)7-5-3-2-4-6-7/h3-8H,1-2H3;2-6H,1H3. The second-order valence-electron chi connectivity index (χ2n) is 4.68. The highest BCUT2D eigenvalue weighted by atomic mass is 16.5. The van der Waals surface area contributed by atoms with E-state index in [1.165, 1.54) is 7.11 Å². The largest absolute Gasteiger partial charge is 0.465 e. The zero-order chi connectivity index (χ0) is 16.4. The van der Waals surface area contributed by atoms with Crippen molar-refractivity contribution in [2.24, 2.45) is 0 Å². The molecule has 0 bridgehead atoms. The molecule has 0 saturated carbocycles. The maximum Gasteiger partial charge on any atom is 0.338 e. The summed E-state index contributed by atoms with van der Waals surface area (Å²) in [5.41, 5.74) is 1.19. The predicted molar refractivity (Wildman–Crippen MR) is 84.8 cm³/mol. The summed E-state index contributed by atoms with van der Waals surface area (Å²) >= 11 is 0. The summed E-state index contributed by atoms with van der Waals surface area (Å²) < 4.78 is 9.49. The number of hydrogen-bond acceptors (Lipinski definition) is 4. The Hall–Kier alpha value is -2.62. The number of carbonyl (C=O) groups is 2. The van der Waals surface area contributed by atoms with E-state index in [4.69, 9.17) is 4.74 Å². The molecule has 0 aliphatic rings. The van der Waals surface area contributed by atoms with Crippen LogP contribution in [0.5, 0.6) is 0 Å². The van der Waals surface area contributed by atoms with E-state index in [2.05, 4.69) is 4.74 Å². The first-order chi connectivity index (χ1) is 10.5. The van der Waals surface area contributed by atoms with Gasteiger partial charge in [0.2, 0.25) is 0 Å². The highest BCUT2D eigenvalue weighted by Crippen LogP contribution is 2.02. The predicted octanol–water partition coefficient (Wildman–Crippen LogP) is 3.73. The Morgan fingerprint density at radius 3 is 1.55 bits per heavy atom. The fourth-order valence-corrected chi connectivity index (χ4v) is 1.55. The second kappa shape index (κ2) is 9.34. The Morgan fingerprint density at radius 1 is 0.773 bits per heavy atom. The number of rotatable bonds is 3. The van der Waals surface area contributed by atoms with Gasteiger partial charge >= 0.3 is 11.9 Å². The van der Waals surface area contributed by atoms with Gasteiger partial charge in [0.15, 0.2) is 0 Å². The van der Waals surface area contributed by atoms with E-state index in [0.29, 0.717) is 11.1 Å². The zero-order valence-electron chi connectivity index (χ0n) is 13.0. The molecular weight excluding hydrogens is 280 g/mol. The molecule has 4 heteroatoms. The molecule has 0 aliphatic carbocycles. The Bertz CT molecular complexity index is 577. The minimum absolute atomic E-state index is 0.0577. The molecular formula is C18H20O4. The molecule has 0 unspecified atom stereocenters. The van der Waals surface area contributed by atoms with Crippen molar-refractivity contribution in [2.75, 3.05) is 7.11 Å². The molecule has 0 saturated heterocycles. The Balaban J connectivity index is 0.000000224. The lowest BCUT2D eigenvalue weighted by molar-refractivity contribution is 0.0377. The maximum absolute atomic E-state index is 11.2. The molecule has 0 spiro atoms. The molecule has 0 atom stereocenters. The average Bonchev–Trinajstić information content (AvgIpc) is 2.55. The Morgan fingerprint density at radius 2 is 1.18 bits per heavy atom. The van der Waals surface area contributed by atoms with Gasteiger partial charge in [-0.25, -0.2) is 9.59 Å². The number of methoxy groups -OCH3 is 1. The zero-order valence-corrected chi connectivity index (χ0v) is 13.0. The highest BCUT2D eigenvalue weighted by molar-refractivity contribution is 5.89. The number of ether oxygens (including phenoxy) is 2.